The van der Waals surface area contributed by atoms with Gasteiger partial charge in [-0.05, 0) is 42.0 Å². The molecule has 4 rings (SSSR count). The topological polar surface area (TPSA) is 60.2 Å². The van der Waals surface area contributed by atoms with Crippen molar-refractivity contribution in [3.8, 4) is 10.7 Å². The average Bonchev–Trinajstić information content (AvgIpc) is 3.49. The zero-order valence-corrected chi connectivity index (χ0v) is 18.2. The van der Waals surface area contributed by atoms with Gasteiger partial charge in [0.2, 0.25) is 0 Å². The maximum absolute atomic E-state index is 12.0. The normalized spacial score (nSPS) is 16.3. The first-order chi connectivity index (χ1) is 14.1. The zero-order valence-electron chi connectivity index (χ0n) is 16.6. The maximum atomic E-state index is 12.0. The van der Waals surface area contributed by atoms with Gasteiger partial charge in [-0.3, -0.25) is 9.36 Å². The van der Waals surface area contributed by atoms with Gasteiger partial charge >= 0.3 is 0 Å². The Morgan fingerprint density at radius 3 is 2.76 bits per heavy atom. The number of amides is 1. The minimum absolute atomic E-state index is 0.0149. The number of aromatic nitrogens is 3. The number of carbonyl (C=O) groups is 1. The summed E-state index contributed by atoms with van der Waals surface area (Å²) in [5, 5.41) is 11.9. The third-order valence-electron chi connectivity index (χ3n) is 4.84. The number of hydrogen-bond acceptors (Lipinski definition) is 6. The van der Waals surface area contributed by atoms with Crippen molar-refractivity contribution in [1.82, 2.24) is 19.7 Å². The number of hydrogen-bond donors (Lipinski definition) is 0. The summed E-state index contributed by atoms with van der Waals surface area (Å²) in [4.78, 5) is 14.8. The van der Waals surface area contributed by atoms with E-state index in [0.717, 1.165) is 53.2 Å². The predicted octanol–water partition coefficient (Wildman–Crippen LogP) is 4.18. The summed E-state index contributed by atoms with van der Waals surface area (Å²) >= 11 is 3.34. The summed E-state index contributed by atoms with van der Waals surface area (Å²) < 4.78 is 8.04. The molecule has 3 aromatic rings. The Kier molecular flexibility index (Phi) is 6.32. The van der Waals surface area contributed by atoms with E-state index in [0.29, 0.717) is 5.56 Å². The van der Waals surface area contributed by atoms with Crippen LogP contribution in [0.1, 0.15) is 28.8 Å². The van der Waals surface area contributed by atoms with Crippen LogP contribution in [0, 0.1) is 0 Å². The summed E-state index contributed by atoms with van der Waals surface area (Å²) in [6.45, 7) is 1.61. The van der Waals surface area contributed by atoms with Crippen molar-refractivity contribution in [2.45, 2.75) is 36.4 Å². The van der Waals surface area contributed by atoms with Crippen LogP contribution in [0.25, 0.3) is 10.7 Å². The fourth-order valence-corrected chi connectivity index (χ4v) is 4.91. The van der Waals surface area contributed by atoms with Gasteiger partial charge in [0.15, 0.2) is 11.0 Å². The molecule has 1 atom stereocenters. The quantitative estimate of drug-likeness (QED) is 0.529. The minimum atomic E-state index is 0.0149. The molecule has 1 amide bonds. The van der Waals surface area contributed by atoms with Gasteiger partial charge in [0.1, 0.15) is 0 Å². The second-order valence-electron chi connectivity index (χ2n) is 7.21. The number of rotatable bonds is 7. The monoisotopic (exact) mass is 428 g/mol. The van der Waals surface area contributed by atoms with Crippen molar-refractivity contribution in [1.29, 1.82) is 0 Å². The van der Waals surface area contributed by atoms with Gasteiger partial charge < -0.3 is 9.64 Å². The predicted molar refractivity (Wildman–Crippen MR) is 116 cm³/mol. The van der Waals surface area contributed by atoms with E-state index in [1.54, 1.807) is 42.1 Å². The van der Waals surface area contributed by atoms with Crippen LogP contribution in [0.4, 0.5) is 0 Å². The van der Waals surface area contributed by atoms with Crippen molar-refractivity contribution >= 4 is 29.0 Å². The molecule has 152 valence electrons. The van der Waals surface area contributed by atoms with Crippen molar-refractivity contribution in [3.05, 3.63) is 52.9 Å². The highest BCUT2D eigenvalue weighted by molar-refractivity contribution is 7.98. The molecule has 0 bridgehead atoms. The fraction of sp³-hybridized carbons (Fsp3) is 0.381. The smallest absolute Gasteiger partial charge is 0.253 e. The third-order valence-corrected chi connectivity index (χ3v) is 6.75. The second kappa shape index (κ2) is 9.11. The first kappa shape index (κ1) is 20.1. The molecule has 1 aliphatic heterocycles. The molecule has 0 saturated carbocycles. The number of nitrogens with zero attached hydrogens (tertiary/aromatic N) is 4. The molecule has 6 nitrogen and oxygen atoms in total. The first-order valence-corrected chi connectivity index (χ1v) is 11.5. The number of ether oxygens (including phenoxy) is 1. The van der Waals surface area contributed by atoms with E-state index in [1.807, 2.05) is 30.3 Å². The Morgan fingerprint density at radius 2 is 2.10 bits per heavy atom. The van der Waals surface area contributed by atoms with Crippen molar-refractivity contribution in [3.63, 3.8) is 0 Å². The van der Waals surface area contributed by atoms with Gasteiger partial charge in [-0.1, -0.05) is 30.0 Å². The van der Waals surface area contributed by atoms with E-state index < -0.39 is 0 Å². The summed E-state index contributed by atoms with van der Waals surface area (Å²) in [5.74, 6) is 1.69. The molecule has 8 heteroatoms. The Morgan fingerprint density at radius 1 is 1.28 bits per heavy atom. The molecule has 1 unspecified atom stereocenters. The van der Waals surface area contributed by atoms with Crippen LogP contribution < -0.4 is 0 Å². The summed E-state index contributed by atoms with van der Waals surface area (Å²) in [5.41, 5.74) is 1.85. The lowest BCUT2D eigenvalue weighted by molar-refractivity contribution is 0.0827. The molecule has 0 N–H and O–H groups in total. The van der Waals surface area contributed by atoms with Gasteiger partial charge in [0.25, 0.3) is 5.91 Å². The maximum Gasteiger partial charge on any atom is 0.253 e. The van der Waals surface area contributed by atoms with Crippen molar-refractivity contribution in [2.75, 3.05) is 20.7 Å². The van der Waals surface area contributed by atoms with Crippen molar-refractivity contribution < 1.29 is 9.53 Å². The molecule has 1 aromatic carbocycles. The number of carbonyl (C=O) groups excluding carboxylic acids is 1. The highest BCUT2D eigenvalue weighted by Gasteiger charge is 2.22. The second-order valence-corrected chi connectivity index (χ2v) is 9.10. The van der Waals surface area contributed by atoms with Crippen LogP contribution in [0.5, 0.6) is 0 Å². The van der Waals surface area contributed by atoms with E-state index in [1.165, 1.54) is 0 Å². The Balaban J connectivity index is 1.50. The SMILES string of the molecule is CN(C)C(=O)c1ccc(CSc2nnc(-c3cccs3)n2CC2CCCO2)cc1. The molecular formula is C21H24N4O2S2. The van der Waals surface area contributed by atoms with E-state index >= 15 is 0 Å². The van der Waals surface area contributed by atoms with Crippen LogP contribution in [0.2, 0.25) is 0 Å². The van der Waals surface area contributed by atoms with Crippen LogP contribution in [0.3, 0.4) is 0 Å². The highest BCUT2D eigenvalue weighted by atomic mass is 32.2. The minimum Gasteiger partial charge on any atom is -0.376 e. The van der Waals surface area contributed by atoms with Crippen LogP contribution in [-0.2, 0) is 17.0 Å². The number of thiophene rings is 1. The van der Waals surface area contributed by atoms with E-state index in [4.69, 9.17) is 4.74 Å². The van der Waals surface area contributed by atoms with E-state index in [2.05, 4.69) is 26.2 Å². The lowest BCUT2D eigenvalue weighted by atomic mass is 10.1. The Labute approximate surface area is 178 Å². The number of thioether (sulfide) groups is 1. The van der Waals surface area contributed by atoms with Crippen LogP contribution in [0.15, 0.2) is 46.9 Å². The molecule has 1 aliphatic rings. The highest BCUT2D eigenvalue weighted by Crippen LogP contribution is 2.30. The molecule has 2 aromatic heterocycles. The zero-order chi connectivity index (χ0) is 20.2. The molecule has 3 heterocycles. The van der Waals surface area contributed by atoms with Crippen LogP contribution >= 0.6 is 23.1 Å². The lowest BCUT2D eigenvalue weighted by Gasteiger charge is -2.14. The van der Waals surface area contributed by atoms with Crippen LogP contribution in [-0.4, -0.2) is 52.4 Å². The van der Waals surface area contributed by atoms with E-state index in [-0.39, 0.29) is 12.0 Å². The Bertz CT molecular complexity index is 946. The van der Waals surface area contributed by atoms with Gasteiger partial charge in [-0.15, -0.1) is 21.5 Å². The third kappa shape index (κ3) is 4.71. The molecule has 0 aliphatic carbocycles. The molecule has 29 heavy (non-hydrogen) atoms. The summed E-state index contributed by atoms with van der Waals surface area (Å²) in [6, 6.07) is 11.9. The first-order valence-electron chi connectivity index (χ1n) is 9.64. The van der Waals surface area contributed by atoms with Crippen molar-refractivity contribution in [2.24, 2.45) is 0 Å². The van der Waals surface area contributed by atoms with Gasteiger partial charge in [-0.2, -0.15) is 0 Å². The molecule has 0 radical (unpaired) electrons. The average molecular weight is 429 g/mol. The largest absolute Gasteiger partial charge is 0.376 e. The standard InChI is InChI=1S/C21H24N4O2S2/c1-24(2)20(26)16-9-7-15(8-10-16)14-29-21-23-22-19(18-6-4-12-28-18)25(21)13-17-5-3-11-27-17/h4,6-10,12,17H,3,5,11,13-14H2,1-2H3. The fourth-order valence-electron chi connectivity index (χ4n) is 3.29. The molecule has 0 spiro atoms. The van der Waals surface area contributed by atoms with Gasteiger partial charge in [0.05, 0.1) is 17.5 Å². The number of benzene rings is 1. The van der Waals surface area contributed by atoms with Gasteiger partial charge in [0, 0.05) is 32.0 Å². The molecular weight excluding hydrogens is 404 g/mol. The Hall–Kier alpha value is -2.16. The lowest BCUT2D eigenvalue weighted by Crippen LogP contribution is -2.21. The summed E-state index contributed by atoms with van der Waals surface area (Å²) in [7, 11) is 3.52. The molecule has 1 saturated heterocycles. The van der Waals surface area contributed by atoms with E-state index in [9.17, 15) is 4.79 Å². The summed E-state index contributed by atoms with van der Waals surface area (Å²) in [6.07, 6.45) is 2.41. The molecule has 1 fully saturated rings. The van der Waals surface area contributed by atoms with Gasteiger partial charge in [-0.25, -0.2) is 0 Å².